The van der Waals surface area contributed by atoms with Gasteiger partial charge in [-0.3, -0.25) is 14.5 Å². The molecule has 1 heterocycles. The molecule has 2 unspecified atom stereocenters. The fourth-order valence-electron chi connectivity index (χ4n) is 4.67. The number of likely N-dealkylation sites (tertiary alicyclic amines) is 1. The number of carbonyl (C=O) groups is 4. The van der Waals surface area contributed by atoms with Gasteiger partial charge in [-0.2, -0.15) is 0 Å². The molecule has 0 aliphatic carbocycles. The molecule has 2 N–H and O–H groups in total. The molecule has 3 amide bonds. The normalized spacial score (nSPS) is 18.8. The monoisotopic (exact) mass is 561 g/mol. The van der Waals surface area contributed by atoms with Crippen LogP contribution < -0.4 is 5.32 Å². The minimum atomic E-state index is -1.10. The molecule has 10 heteroatoms. The molecule has 10 nitrogen and oxygen atoms in total. The molecule has 0 radical (unpaired) electrons. The maximum Gasteiger partial charge on any atom is 0.410 e. The van der Waals surface area contributed by atoms with Gasteiger partial charge in [0.1, 0.15) is 18.2 Å². The first-order valence-electron chi connectivity index (χ1n) is 14.0. The molecule has 0 aromatic heterocycles. The largest absolute Gasteiger partial charge is 0.445 e. The molecular formula is C30H47N3O7. The summed E-state index contributed by atoms with van der Waals surface area (Å²) in [5, 5.41) is 13.5. The van der Waals surface area contributed by atoms with Crippen molar-refractivity contribution in [1.29, 1.82) is 0 Å². The third-order valence-electron chi connectivity index (χ3n) is 6.65. The highest BCUT2D eigenvalue weighted by Gasteiger charge is 2.44. The average Bonchev–Trinajstić information content (AvgIpc) is 3.25. The summed E-state index contributed by atoms with van der Waals surface area (Å²) in [6.07, 6.45) is -1.69. The van der Waals surface area contributed by atoms with Crippen LogP contribution in [0.4, 0.5) is 9.59 Å². The van der Waals surface area contributed by atoms with Crippen molar-refractivity contribution in [3.05, 3.63) is 35.9 Å². The predicted octanol–water partition coefficient (Wildman–Crippen LogP) is 4.00. The minimum absolute atomic E-state index is 0.00900. The topological polar surface area (TPSA) is 125 Å². The lowest BCUT2D eigenvalue weighted by atomic mass is 9.90. The zero-order valence-electron chi connectivity index (χ0n) is 25.2. The standard InChI is InChI=1S/C30H47N3O7/c1-19(2)14-23(31-28(37)39-18-21-12-10-9-11-13-21)26(35)22-16-33(17-25(22)34)27(36)24(15-20(3)4)32(8)29(38)40-30(5,6)7/h9-13,19-20,22-25,34H,14-18H2,1-8H3,(H,31,37)/t22?,23-,24-,25?/m0/s1. The van der Waals surface area contributed by atoms with Crippen LogP contribution in [0.3, 0.4) is 0 Å². The number of aliphatic hydroxyl groups is 1. The van der Waals surface area contributed by atoms with Crippen molar-refractivity contribution in [2.75, 3.05) is 20.1 Å². The summed E-state index contributed by atoms with van der Waals surface area (Å²) in [6, 6.07) is 7.51. The summed E-state index contributed by atoms with van der Waals surface area (Å²) in [6.45, 7) is 13.0. The lowest BCUT2D eigenvalue weighted by molar-refractivity contribution is -0.136. The quantitative estimate of drug-likeness (QED) is 0.418. The molecule has 1 saturated heterocycles. The third-order valence-corrected chi connectivity index (χ3v) is 6.65. The second-order valence-electron chi connectivity index (χ2n) is 12.4. The van der Waals surface area contributed by atoms with Gasteiger partial charge >= 0.3 is 12.2 Å². The Bertz CT molecular complexity index is 1010. The molecule has 0 saturated carbocycles. The number of ether oxygens (including phenoxy) is 2. The Morgan fingerprint density at radius 3 is 2.17 bits per heavy atom. The molecule has 4 atom stereocenters. The van der Waals surface area contributed by atoms with Gasteiger partial charge in [0.25, 0.3) is 0 Å². The molecule has 40 heavy (non-hydrogen) atoms. The van der Waals surface area contributed by atoms with Crippen LogP contribution in [0.15, 0.2) is 30.3 Å². The van der Waals surface area contributed by atoms with Gasteiger partial charge in [-0.1, -0.05) is 58.0 Å². The molecule has 1 aliphatic heterocycles. The van der Waals surface area contributed by atoms with Gasteiger partial charge < -0.3 is 24.8 Å². The number of Topliss-reactive ketones (excluding diaryl/α,β-unsaturated/α-hetero) is 1. The lowest BCUT2D eigenvalue weighted by Gasteiger charge is -2.33. The van der Waals surface area contributed by atoms with Crippen LogP contribution in [0.2, 0.25) is 0 Å². The number of ketones is 1. The van der Waals surface area contributed by atoms with Crippen molar-refractivity contribution in [2.24, 2.45) is 17.8 Å². The van der Waals surface area contributed by atoms with Crippen molar-refractivity contribution in [3.8, 4) is 0 Å². The summed E-state index contributed by atoms with van der Waals surface area (Å²) in [5.41, 5.74) is 0.0933. The van der Waals surface area contributed by atoms with Crippen LogP contribution in [0, 0.1) is 17.8 Å². The number of nitrogens with one attached hydrogen (secondary N) is 1. The van der Waals surface area contributed by atoms with Crippen molar-refractivity contribution in [3.63, 3.8) is 0 Å². The summed E-state index contributed by atoms with van der Waals surface area (Å²) in [4.78, 5) is 55.2. The summed E-state index contributed by atoms with van der Waals surface area (Å²) < 4.78 is 10.8. The van der Waals surface area contributed by atoms with E-state index in [2.05, 4.69) is 5.32 Å². The number of carbonyl (C=O) groups excluding carboxylic acids is 4. The first-order valence-corrected chi connectivity index (χ1v) is 14.0. The summed E-state index contributed by atoms with van der Waals surface area (Å²) in [5.74, 6) is -1.40. The maximum absolute atomic E-state index is 13.6. The van der Waals surface area contributed by atoms with E-state index in [0.29, 0.717) is 12.8 Å². The van der Waals surface area contributed by atoms with E-state index in [0.717, 1.165) is 5.56 Å². The van der Waals surface area contributed by atoms with E-state index in [1.54, 1.807) is 20.8 Å². The number of hydrogen-bond acceptors (Lipinski definition) is 7. The maximum atomic E-state index is 13.6. The molecule has 1 aromatic carbocycles. The van der Waals surface area contributed by atoms with E-state index in [9.17, 15) is 24.3 Å². The van der Waals surface area contributed by atoms with Crippen LogP contribution >= 0.6 is 0 Å². The van der Waals surface area contributed by atoms with Gasteiger partial charge in [0.2, 0.25) is 5.91 Å². The number of hydrogen-bond donors (Lipinski definition) is 2. The predicted molar refractivity (Wildman–Crippen MR) is 151 cm³/mol. The van der Waals surface area contributed by atoms with Crippen LogP contribution in [0.1, 0.15) is 66.9 Å². The second-order valence-corrected chi connectivity index (χ2v) is 12.4. The Kier molecular flexibility index (Phi) is 12.0. The van der Waals surface area contributed by atoms with E-state index in [-0.39, 0.29) is 43.2 Å². The highest BCUT2D eigenvalue weighted by molar-refractivity contribution is 5.92. The number of aliphatic hydroxyl groups excluding tert-OH is 1. The fourth-order valence-corrected chi connectivity index (χ4v) is 4.67. The van der Waals surface area contributed by atoms with Gasteiger partial charge in [0, 0.05) is 20.1 Å². The van der Waals surface area contributed by atoms with Gasteiger partial charge in [0.15, 0.2) is 5.78 Å². The van der Waals surface area contributed by atoms with E-state index < -0.39 is 41.9 Å². The number of nitrogens with zero attached hydrogens (tertiary/aromatic N) is 2. The molecule has 224 valence electrons. The number of alkyl carbamates (subject to hydrolysis) is 1. The van der Waals surface area contributed by atoms with Crippen LogP contribution in [-0.2, 0) is 25.7 Å². The van der Waals surface area contributed by atoms with E-state index >= 15 is 0 Å². The first kappa shape index (κ1) is 33.1. The number of β-amino-alcohol motifs (C(OH)–C–C–N with tert-alkyl or cyclic N) is 1. The van der Waals surface area contributed by atoms with Crippen molar-refractivity contribution in [1.82, 2.24) is 15.1 Å². The van der Waals surface area contributed by atoms with Gasteiger partial charge in [0.05, 0.1) is 18.1 Å². The fraction of sp³-hybridized carbons (Fsp3) is 0.667. The molecule has 0 spiro atoms. The number of amides is 3. The SMILES string of the molecule is CC(C)C[C@H](NC(=O)OCc1ccccc1)C(=O)C1CN(C(=O)[C@H](CC(C)C)N(C)C(=O)OC(C)(C)C)CC1O. The van der Waals surface area contributed by atoms with Gasteiger partial charge in [-0.05, 0) is 51.0 Å². The highest BCUT2D eigenvalue weighted by Crippen LogP contribution is 2.25. The number of rotatable bonds is 11. The van der Waals surface area contributed by atoms with Crippen molar-refractivity contribution >= 4 is 23.9 Å². The number of likely N-dealkylation sites (N-methyl/N-ethyl adjacent to an activating group) is 1. The van der Waals surface area contributed by atoms with Crippen LogP contribution in [0.5, 0.6) is 0 Å². The Labute approximate surface area is 238 Å². The Hall–Kier alpha value is -3.14. The number of benzene rings is 1. The van der Waals surface area contributed by atoms with Crippen molar-refractivity contribution in [2.45, 2.75) is 91.7 Å². The third kappa shape index (κ3) is 10.1. The van der Waals surface area contributed by atoms with Crippen LogP contribution in [-0.4, -0.2) is 82.7 Å². The highest BCUT2D eigenvalue weighted by atomic mass is 16.6. The molecule has 2 rings (SSSR count). The van der Waals surface area contributed by atoms with Crippen molar-refractivity contribution < 1.29 is 33.8 Å². The Morgan fingerprint density at radius 2 is 1.62 bits per heavy atom. The second kappa shape index (κ2) is 14.5. The minimum Gasteiger partial charge on any atom is -0.445 e. The first-order chi connectivity index (χ1) is 18.6. The van der Waals surface area contributed by atoms with E-state index in [4.69, 9.17) is 9.47 Å². The summed E-state index contributed by atoms with van der Waals surface area (Å²) in [7, 11) is 1.53. The molecular weight excluding hydrogens is 514 g/mol. The summed E-state index contributed by atoms with van der Waals surface area (Å²) >= 11 is 0. The lowest BCUT2D eigenvalue weighted by Crippen LogP contribution is -2.51. The Morgan fingerprint density at radius 1 is 1.02 bits per heavy atom. The zero-order valence-corrected chi connectivity index (χ0v) is 25.2. The van der Waals surface area contributed by atoms with E-state index in [1.807, 2.05) is 58.0 Å². The Balaban J connectivity index is 2.12. The molecule has 1 aliphatic rings. The van der Waals surface area contributed by atoms with Gasteiger partial charge in [-0.25, -0.2) is 9.59 Å². The molecule has 1 aromatic rings. The smallest absolute Gasteiger partial charge is 0.410 e. The molecule has 0 bridgehead atoms. The van der Waals surface area contributed by atoms with Gasteiger partial charge in [-0.15, -0.1) is 0 Å². The average molecular weight is 562 g/mol. The van der Waals surface area contributed by atoms with Crippen LogP contribution in [0.25, 0.3) is 0 Å². The molecule has 1 fully saturated rings. The van der Waals surface area contributed by atoms with E-state index in [1.165, 1.54) is 16.8 Å². The zero-order chi connectivity index (χ0) is 30.2.